The molecule has 0 amide bonds. The van der Waals surface area contributed by atoms with Gasteiger partial charge in [-0.1, -0.05) is 23.4 Å². The normalized spacial score (nSPS) is 11.2. The molecule has 0 spiro atoms. The van der Waals surface area contributed by atoms with Gasteiger partial charge in [-0.25, -0.2) is 13.8 Å². The smallest absolute Gasteiger partial charge is 0.266 e. The Kier molecular flexibility index (Phi) is 5.90. The van der Waals surface area contributed by atoms with Gasteiger partial charge < -0.3 is 4.74 Å². The number of thioether (sulfide) groups is 1. The summed E-state index contributed by atoms with van der Waals surface area (Å²) in [5, 5.41) is 0.935. The molecule has 0 fully saturated rings. The van der Waals surface area contributed by atoms with Crippen LogP contribution in [0.2, 0.25) is 5.02 Å². The van der Waals surface area contributed by atoms with Gasteiger partial charge in [0.1, 0.15) is 11.6 Å². The van der Waals surface area contributed by atoms with E-state index < -0.39 is 17.2 Å². The lowest BCUT2D eigenvalue weighted by molar-refractivity contribution is 0.164. The van der Waals surface area contributed by atoms with Crippen LogP contribution in [0.25, 0.3) is 16.6 Å². The maximum Gasteiger partial charge on any atom is 0.266 e. The van der Waals surface area contributed by atoms with Crippen molar-refractivity contribution in [1.82, 2.24) is 9.55 Å². The van der Waals surface area contributed by atoms with Crippen LogP contribution >= 0.6 is 23.4 Å². The van der Waals surface area contributed by atoms with Crippen LogP contribution in [0.4, 0.5) is 8.78 Å². The molecule has 0 N–H and O–H groups in total. The number of aromatic nitrogens is 2. The van der Waals surface area contributed by atoms with E-state index in [1.54, 1.807) is 12.1 Å². The largest absolute Gasteiger partial charge is 0.381 e. The van der Waals surface area contributed by atoms with Crippen LogP contribution < -0.4 is 5.56 Å². The zero-order valence-electron chi connectivity index (χ0n) is 13.8. The molecular weight excluding hydrogens is 382 g/mol. The molecule has 3 rings (SSSR count). The van der Waals surface area contributed by atoms with Gasteiger partial charge in [0.05, 0.1) is 23.2 Å². The fourth-order valence-corrected chi connectivity index (χ4v) is 3.47. The average molecular weight is 397 g/mol. The summed E-state index contributed by atoms with van der Waals surface area (Å²) in [6, 6.07) is 7.81. The Hall–Kier alpha value is -1.96. The van der Waals surface area contributed by atoms with Gasteiger partial charge in [0, 0.05) is 23.4 Å². The Morgan fingerprint density at radius 2 is 2.04 bits per heavy atom. The summed E-state index contributed by atoms with van der Waals surface area (Å²) < 4.78 is 34.0. The Bertz CT molecular complexity index is 1010. The predicted molar refractivity (Wildman–Crippen MR) is 99.5 cm³/mol. The number of hydrogen-bond acceptors (Lipinski definition) is 4. The highest BCUT2D eigenvalue weighted by molar-refractivity contribution is 7.99. The number of halogens is 3. The molecule has 4 nitrogen and oxygen atoms in total. The molecule has 136 valence electrons. The van der Waals surface area contributed by atoms with Gasteiger partial charge in [-0.3, -0.25) is 9.36 Å². The third-order valence-electron chi connectivity index (χ3n) is 3.61. The van der Waals surface area contributed by atoms with Gasteiger partial charge in [-0.15, -0.1) is 0 Å². The average Bonchev–Trinajstić information content (AvgIpc) is 2.61. The molecule has 0 aliphatic heterocycles. The van der Waals surface area contributed by atoms with Crippen molar-refractivity contribution >= 4 is 34.3 Å². The van der Waals surface area contributed by atoms with E-state index in [-0.39, 0.29) is 11.1 Å². The molecule has 0 aliphatic rings. The van der Waals surface area contributed by atoms with Crippen molar-refractivity contribution in [2.45, 2.75) is 12.1 Å². The van der Waals surface area contributed by atoms with Crippen molar-refractivity contribution < 1.29 is 13.5 Å². The molecule has 0 saturated carbocycles. The van der Waals surface area contributed by atoms with E-state index >= 15 is 0 Å². The SMILES string of the molecule is CCOCCSc1nc2ccc(Cl)cc2c(=O)n1-c1ccc(F)cc1F. The maximum absolute atomic E-state index is 14.3. The molecule has 1 heterocycles. The van der Waals surface area contributed by atoms with Gasteiger partial charge in [0.25, 0.3) is 5.56 Å². The molecule has 2 aromatic carbocycles. The standard InChI is InChI=1S/C18H15ClF2N2O2S/c1-2-25-7-8-26-18-22-15-5-3-11(19)9-13(15)17(24)23(18)16-6-4-12(20)10-14(16)21/h3-6,9-10H,2,7-8H2,1H3. The highest BCUT2D eigenvalue weighted by atomic mass is 35.5. The van der Waals surface area contributed by atoms with Gasteiger partial charge in [-0.05, 0) is 37.3 Å². The first-order valence-corrected chi connectivity index (χ1v) is 9.26. The number of hydrogen-bond donors (Lipinski definition) is 0. The molecule has 0 atom stereocenters. The first kappa shape index (κ1) is 18.8. The third-order valence-corrected chi connectivity index (χ3v) is 4.75. The molecule has 1 aromatic heterocycles. The maximum atomic E-state index is 14.3. The molecule has 3 aromatic rings. The topological polar surface area (TPSA) is 44.1 Å². The van der Waals surface area contributed by atoms with Gasteiger partial charge in [-0.2, -0.15) is 0 Å². The van der Waals surface area contributed by atoms with Crippen LogP contribution in [0, 0.1) is 11.6 Å². The van der Waals surface area contributed by atoms with Crippen molar-refractivity contribution in [3.05, 3.63) is 63.4 Å². The van der Waals surface area contributed by atoms with E-state index in [0.29, 0.717) is 34.7 Å². The zero-order valence-corrected chi connectivity index (χ0v) is 15.4. The lowest BCUT2D eigenvalue weighted by Crippen LogP contribution is -2.23. The summed E-state index contributed by atoms with van der Waals surface area (Å²) in [7, 11) is 0. The minimum atomic E-state index is -0.845. The van der Waals surface area contributed by atoms with Gasteiger partial charge in [0.15, 0.2) is 5.16 Å². The van der Waals surface area contributed by atoms with Gasteiger partial charge >= 0.3 is 0 Å². The van der Waals surface area contributed by atoms with Crippen LogP contribution in [0.5, 0.6) is 0 Å². The Labute approximate surface area is 157 Å². The minimum Gasteiger partial charge on any atom is -0.381 e. The van der Waals surface area contributed by atoms with Crippen LogP contribution in [-0.4, -0.2) is 28.5 Å². The number of benzene rings is 2. The zero-order chi connectivity index (χ0) is 18.7. The molecule has 0 saturated heterocycles. The van der Waals surface area contributed by atoms with Crippen LogP contribution in [0.3, 0.4) is 0 Å². The molecule has 8 heteroatoms. The van der Waals surface area contributed by atoms with Gasteiger partial charge in [0.2, 0.25) is 0 Å². The van der Waals surface area contributed by atoms with Crippen LogP contribution in [0.1, 0.15) is 6.92 Å². The van der Waals surface area contributed by atoms with Crippen LogP contribution in [-0.2, 0) is 4.74 Å². The Balaban J connectivity index is 2.19. The molecule has 0 aliphatic carbocycles. The minimum absolute atomic E-state index is 0.0651. The second kappa shape index (κ2) is 8.16. The van der Waals surface area contributed by atoms with Crippen molar-refractivity contribution in [3.8, 4) is 5.69 Å². The quantitative estimate of drug-likeness (QED) is 0.351. The molecule has 0 radical (unpaired) electrons. The summed E-state index contributed by atoms with van der Waals surface area (Å²) in [5.41, 5.74) is -0.0799. The summed E-state index contributed by atoms with van der Waals surface area (Å²) in [5.74, 6) is -1.04. The molecular formula is C18H15ClF2N2O2S. The first-order valence-electron chi connectivity index (χ1n) is 7.89. The monoisotopic (exact) mass is 396 g/mol. The van der Waals surface area contributed by atoms with Crippen molar-refractivity contribution in [1.29, 1.82) is 0 Å². The van der Waals surface area contributed by atoms with Crippen molar-refractivity contribution in [3.63, 3.8) is 0 Å². The Morgan fingerprint density at radius 1 is 1.23 bits per heavy atom. The number of ether oxygens (including phenoxy) is 1. The number of fused-ring (bicyclic) bond motifs is 1. The number of rotatable bonds is 6. The lowest BCUT2D eigenvalue weighted by Gasteiger charge is -2.14. The van der Waals surface area contributed by atoms with Crippen molar-refractivity contribution in [2.75, 3.05) is 19.0 Å². The summed E-state index contributed by atoms with van der Waals surface area (Å²) in [4.78, 5) is 17.5. The predicted octanol–water partition coefficient (Wildman–Crippen LogP) is 4.45. The Morgan fingerprint density at radius 3 is 2.77 bits per heavy atom. The fourth-order valence-electron chi connectivity index (χ4n) is 2.45. The summed E-state index contributed by atoms with van der Waals surface area (Å²) >= 11 is 7.24. The summed E-state index contributed by atoms with van der Waals surface area (Å²) in [6.07, 6.45) is 0. The van der Waals surface area contributed by atoms with E-state index in [2.05, 4.69) is 4.98 Å². The van der Waals surface area contributed by atoms with Crippen LogP contribution in [0.15, 0.2) is 46.3 Å². The third kappa shape index (κ3) is 3.90. The second-order valence-corrected chi connectivity index (χ2v) is 6.84. The molecule has 0 bridgehead atoms. The van der Waals surface area contributed by atoms with E-state index in [9.17, 15) is 13.6 Å². The van der Waals surface area contributed by atoms with E-state index in [0.717, 1.165) is 16.7 Å². The van der Waals surface area contributed by atoms with E-state index in [1.807, 2.05) is 6.92 Å². The van der Waals surface area contributed by atoms with E-state index in [1.165, 1.54) is 23.9 Å². The first-order chi connectivity index (χ1) is 12.5. The second-order valence-electron chi connectivity index (χ2n) is 5.34. The number of nitrogens with zero attached hydrogens (tertiary/aromatic N) is 2. The summed E-state index contributed by atoms with van der Waals surface area (Å²) in [6.45, 7) is 2.91. The van der Waals surface area contributed by atoms with Crippen molar-refractivity contribution in [2.24, 2.45) is 0 Å². The molecule has 0 unspecified atom stereocenters. The highest BCUT2D eigenvalue weighted by Crippen LogP contribution is 2.24. The lowest BCUT2D eigenvalue weighted by atomic mass is 10.2. The van der Waals surface area contributed by atoms with E-state index in [4.69, 9.17) is 16.3 Å². The fraction of sp³-hybridized carbons (Fsp3) is 0.222. The molecule has 26 heavy (non-hydrogen) atoms. The highest BCUT2D eigenvalue weighted by Gasteiger charge is 2.17.